The van der Waals surface area contributed by atoms with Crippen LogP contribution in [-0.2, 0) is 14.3 Å². The van der Waals surface area contributed by atoms with Crippen LogP contribution >= 0.6 is 0 Å². The van der Waals surface area contributed by atoms with Crippen LogP contribution < -0.4 is 0 Å². The quantitative estimate of drug-likeness (QED) is 0.601. The maximum atomic E-state index is 13.6. The van der Waals surface area contributed by atoms with E-state index in [1.807, 2.05) is 6.08 Å². The Morgan fingerprint density at radius 2 is 2.10 bits per heavy atom. The molecule has 0 saturated carbocycles. The molecule has 0 amide bonds. The molecule has 0 heterocycles. The third kappa shape index (κ3) is 5.32. The number of carbonyl (C=O) groups excluding carboxylic acids is 1. The number of ether oxygens (including phenoxy) is 2. The third-order valence-electron chi connectivity index (χ3n) is 3.07. The normalized spacial score (nSPS) is 20.1. The summed E-state index contributed by atoms with van der Waals surface area (Å²) in [5.41, 5.74) is 0. The maximum Gasteiger partial charge on any atom is 0.509 e. The number of hydrogen-bond acceptors (Lipinski definition) is 4. The van der Waals surface area contributed by atoms with E-state index in [0.717, 1.165) is 12.8 Å². The van der Waals surface area contributed by atoms with Gasteiger partial charge in [0.15, 0.2) is 6.10 Å². The predicted molar refractivity (Wildman–Crippen MR) is 70.2 cm³/mol. The highest BCUT2D eigenvalue weighted by atomic mass is 19.3. The van der Waals surface area contributed by atoms with Crippen molar-refractivity contribution in [3.63, 3.8) is 0 Å². The van der Waals surface area contributed by atoms with Gasteiger partial charge in [-0.3, -0.25) is 0 Å². The summed E-state index contributed by atoms with van der Waals surface area (Å²) in [6, 6.07) is 0. The standard InChI is InChI=1S/C14H20F2O5/c1-9(2)8-11(14(15,16)12(17)18)21-13(19)20-10-6-4-3-5-7-10/h4,6,9-11H,3,5,7-8H2,1-2H3,(H,17,18). The van der Waals surface area contributed by atoms with Crippen LogP contribution in [0.5, 0.6) is 0 Å². The second-order valence-corrected chi connectivity index (χ2v) is 5.43. The van der Waals surface area contributed by atoms with E-state index in [-0.39, 0.29) is 12.3 Å². The van der Waals surface area contributed by atoms with Crippen LogP contribution in [0.15, 0.2) is 12.2 Å². The van der Waals surface area contributed by atoms with E-state index in [9.17, 15) is 18.4 Å². The Kier molecular flexibility index (Phi) is 6.11. The first-order chi connectivity index (χ1) is 9.73. The Hall–Kier alpha value is -1.66. The van der Waals surface area contributed by atoms with Gasteiger partial charge < -0.3 is 14.6 Å². The van der Waals surface area contributed by atoms with Gasteiger partial charge in [0.1, 0.15) is 6.10 Å². The van der Waals surface area contributed by atoms with Gasteiger partial charge in [0.05, 0.1) is 0 Å². The van der Waals surface area contributed by atoms with Gasteiger partial charge in [-0.15, -0.1) is 0 Å². The lowest BCUT2D eigenvalue weighted by Gasteiger charge is -2.25. The van der Waals surface area contributed by atoms with Crippen LogP contribution in [0.25, 0.3) is 0 Å². The summed E-state index contributed by atoms with van der Waals surface area (Å²) in [4.78, 5) is 22.2. The molecule has 0 fully saturated rings. The molecule has 0 spiro atoms. The SMILES string of the molecule is CC(C)CC(OC(=O)OC1C=CCCC1)C(F)(F)C(=O)O. The lowest BCUT2D eigenvalue weighted by molar-refractivity contribution is -0.186. The molecule has 1 rings (SSSR count). The van der Waals surface area contributed by atoms with Gasteiger partial charge in [0.25, 0.3) is 0 Å². The van der Waals surface area contributed by atoms with Gasteiger partial charge in [-0.25, -0.2) is 9.59 Å². The second-order valence-electron chi connectivity index (χ2n) is 5.43. The molecule has 0 aromatic carbocycles. The number of carbonyl (C=O) groups is 2. The average molecular weight is 306 g/mol. The lowest BCUT2D eigenvalue weighted by Crippen LogP contribution is -2.45. The molecule has 21 heavy (non-hydrogen) atoms. The number of alkyl halides is 2. The first kappa shape index (κ1) is 17.4. The number of rotatable bonds is 6. The molecule has 120 valence electrons. The van der Waals surface area contributed by atoms with Crippen LogP contribution in [0.3, 0.4) is 0 Å². The monoisotopic (exact) mass is 306 g/mol. The van der Waals surface area contributed by atoms with Crippen molar-refractivity contribution in [2.75, 3.05) is 0 Å². The van der Waals surface area contributed by atoms with Crippen LogP contribution in [0, 0.1) is 5.92 Å². The number of hydrogen-bond donors (Lipinski definition) is 1. The van der Waals surface area contributed by atoms with Crippen molar-refractivity contribution < 1.29 is 33.0 Å². The third-order valence-corrected chi connectivity index (χ3v) is 3.07. The van der Waals surface area contributed by atoms with E-state index in [4.69, 9.17) is 9.84 Å². The van der Waals surface area contributed by atoms with E-state index in [0.29, 0.717) is 6.42 Å². The van der Waals surface area contributed by atoms with Crippen molar-refractivity contribution in [3.8, 4) is 0 Å². The zero-order chi connectivity index (χ0) is 16.0. The fourth-order valence-electron chi connectivity index (χ4n) is 1.98. The Labute approximate surface area is 121 Å². The minimum absolute atomic E-state index is 0.261. The average Bonchev–Trinajstić information content (AvgIpc) is 2.38. The molecule has 0 radical (unpaired) electrons. The zero-order valence-corrected chi connectivity index (χ0v) is 12.1. The lowest BCUT2D eigenvalue weighted by atomic mass is 10.0. The fraction of sp³-hybridized carbons (Fsp3) is 0.714. The molecule has 7 heteroatoms. The van der Waals surface area contributed by atoms with Crippen molar-refractivity contribution in [1.82, 2.24) is 0 Å². The molecule has 2 unspecified atom stereocenters. The largest absolute Gasteiger partial charge is 0.509 e. The van der Waals surface area contributed by atoms with Crippen molar-refractivity contribution in [1.29, 1.82) is 0 Å². The van der Waals surface area contributed by atoms with Gasteiger partial charge in [0.2, 0.25) is 0 Å². The maximum absolute atomic E-state index is 13.6. The second kappa shape index (κ2) is 7.38. The number of carboxylic acid groups (broad SMARTS) is 1. The summed E-state index contributed by atoms with van der Waals surface area (Å²) in [5, 5.41) is 8.57. The molecular weight excluding hydrogens is 286 g/mol. The minimum Gasteiger partial charge on any atom is -0.477 e. The van der Waals surface area contributed by atoms with Gasteiger partial charge >= 0.3 is 18.0 Å². The molecular formula is C14H20F2O5. The van der Waals surface area contributed by atoms with Crippen LogP contribution in [0.1, 0.15) is 39.5 Å². The molecule has 0 aromatic rings. The molecule has 0 aliphatic heterocycles. The summed E-state index contributed by atoms with van der Waals surface area (Å²) in [5.74, 6) is -6.73. The van der Waals surface area contributed by atoms with Gasteiger partial charge in [-0.1, -0.05) is 19.9 Å². The highest BCUT2D eigenvalue weighted by molar-refractivity contribution is 5.76. The Balaban J connectivity index is 2.67. The first-order valence-corrected chi connectivity index (χ1v) is 6.88. The predicted octanol–water partition coefficient (Wildman–Crippen LogP) is 3.38. The Morgan fingerprint density at radius 1 is 1.43 bits per heavy atom. The highest BCUT2D eigenvalue weighted by Gasteiger charge is 2.50. The molecule has 1 aliphatic carbocycles. The molecule has 1 N–H and O–H groups in total. The topological polar surface area (TPSA) is 72.8 Å². The summed E-state index contributed by atoms with van der Waals surface area (Å²) in [6.45, 7) is 3.26. The van der Waals surface area contributed by atoms with Gasteiger partial charge in [-0.2, -0.15) is 8.78 Å². The molecule has 0 bridgehead atoms. The zero-order valence-electron chi connectivity index (χ0n) is 12.1. The number of allylic oxidation sites excluding steroid dienone is 1. The number of carboxylic acids is 1. The number of halogens is 2. The summed E-state index contributed by atoms with van der Waals surface area (Å²) in [7, 11) is 0. The van der Waals surface area contributed by atoms with Crippen LogP contribution in [0.2, 0.25) is 0 Å². The van der Waals surface area contributed by atoms with Crippen molar-refractivity contribution in [2.45, 2.75) is 57.7 Å². The summed E-state index contributed by atoms with van der Waals surface area (Å²) >= 11 is 0. The number of aliphatic carboxylic acids is 1. The van der Waals surface area contributed by atoms with E-state index < -0.39 is 30.3 Å². The summed E-state index contributed by atoms with van der Waals surface area (Å²) in [6.07, 6.45) is 1.70. The van der Waals surface area contributed by atoms with E-state index in [1.54, 1.807) is 19.9 Å². The smallest absolute Gasteiger partial charge is 0.477 e. The first-order valence-electron chi connectivity index (χ1n) is 6.88. The van der Waals surface area contributed by atoms with E-state index in [1.165, 1.54) is 0 Å². The fourth-order valence-corrected chi connectivity index (χ4v) is 1.98. The minimum atomic E-state index is -4.15. The molecule has 2 atom stereocenters. The Morgan fingerprint density at radius 3 is 2.57 bits per heavy atom. The van der Waals surface area contributed by atoms with Crippen molar-refractivity contribution >= 4 is 12.1 Å². The van der Waals surface area contributed by atoms with Crippen LogP contribution in [-0.4, -0.2) is 35.4 Å². The van der Waals surface area contributed by atoms with Gasteiger partial charge in [0, 0.05) is 0 Å². The van der Waals surface area contributed by atoms with E-state index in [2.05, 4.69) is 4.74 Å². The molecule has 5 nitrogen and oxygen atoms in total. The van der Waals surface area contributed by atoms with Gasteiger partial charge in [-0.05, 0) is 37.7 Å². The van der Waals surface area contributed by atoms with E-state index >= 15 is 0 Å². The Bertz CT molecular complexity index is 406. The molecule has 0 saturated heterocycles. The molecule has 0 aromatic heterocycles. The van der Waals surface area contributed by atoms with Crippen molar-refractivity contribution in [3.05, 3.63) is 12.2 Å². The molecule has 1 aliphatic rings. The summed E-state index contributed by atoms with van der Waals surface area (Å²) < 4.78 is 36.6. The highest BCUT2D eigenvalue weighted by Crippen LogP contribution is 2.28. The van der Waals surface area contributed by atoms with Crippen molar-refractivity contribution in [2.24, 2.45) is 5.92 Å². The van der Waals surface area contributed by atoms with Crippen LogP contribution in [0.4, 0.5) is 13.6 Å².